The number of nitrogens with zero attached hydrogens (tertiary/aromatic N) is 1. The third kappa shape index (κ3) is 1.84. The van der Waals surface area contributed by atoms with Gasteiger partial charge in [0.15, 0.2) is 0 Å². The van der Waals surface area contributed by atoms with Crippen LogP contribution >= 0.6 is 15.9 Å². The van der Waals surface area contributed by atoms with E-state index in [-0.39, 0.29) is 0 Å². The molecule has 0 aromatic carbocycles. The van der Waals surface area contributed by atoms with E-state index >= 15 is 0 Å². The van der Waals surface area contributed by atoms with Gasteiger partial charge in [0.1, 0.15) is 5.76 Å². The van der Waals surface area contributed by atoms with Gasteiger partial charge in [0, 0.05) is 10.9 Å². The van der Waals surface area contributed by atoms with Crippen LogP contribution in [0.25, 0.3) is 0 Å². The summed E-state index contributed by atoms with van der Waals surface area (Å²) >= 11 is 3.37. The third-order valence-electron chi connectivity index (χ3n) is 1.43. The second-order valence-electron chi connectivity index (χ2n) is 2.20. The summed E-state index contributed by atoms with van der Waals surface area (Å²) in [4.78, 5) is 0. The molecule has 56 valence electrons. The van der Waals surface area contributed by atoms with Gasteiger partial charge in [0.2, 0.25) is 0 Å². The molecule has 3 heteroatoms. The van der Waals surface area contributed by atoms with Gasteiger partial charge in [-0.2, -0.15) is 0 Å². The van der Waals surface area contributed by atoms with E-state index in [9.17, 15) is 0 Å². The number of hydrogen-bond acceptors (Lipinski definition) is 2. The van der Waals surface area contributed by atoms with Gasteiger partial charge in [-0.3, -0.25) is 0 Å². The van der Waals surface area contributed by atoms with E-state index in [1.807, 2.05) is 6.92 Å². The minimum Gasteiger partial charge on any atom is -0.361 e. The number of aromatic nitrogens is 1. The van der Waals surface area contributed by atoms with Crippen LogP contribution < -0.4 is 0 Å². The second-order valence-corrected chi connectivity index (χ2v) is 2.99. The zero-order valence-corrected chi connectivity index (χ0v) is 7.52. The molecule has 2 nitrogen and oxygen atoms in total. The topological polar surface area (TPSA) is 26.0 Å². The first kappa shape index (κ1) is 7.79. The van der Waals surface area contributed by atoms with Crippen LogP contribution in [0.1, 0.15) is 17.7 Å². The predicted molar refractivity (Wildman–Crippen MR) is 43.4 cm³/mol. The number of rotatable bonds is 3. The molecule has 0 N–H and O–H groups in total. The first-order valence-corrected chi connectivity index (χ1v) is 4.43. The van der Waals surface area contributed by atoms with Crippen LogP contribution in [0.2, 0.25) is 0 Å². The highest BCUT2D eigenvalue weighted by molar-refractivity contribution is 9.09. The molecule has 0 fully saturated rings. The minimum absolute atomic E-state index is 0.945. The lowest BCUT2D eigenvalue weighted by molar-refractivity contribution is 0.396. The van der Waals surface area contributed by atoms with Gasteiger partial charge < -0.3 is 4.52 Å². The molecule has 0 amide bonds. The van der Waals surface area contributed by atoms with E-state index in [1.165, 1.54) is 5.56 Å². The zero-order chi connectivity index (χ0) is 7.40. The minimum atomic E-state index is 0.945. The van der Waals surface area contributed by atoms with Crippen molar-refractivity contribution in [2.75, 3.05) is 5.33 Å². The molecular weight excluding hydrogens is 194 g/mol. The largest absolute Gasteiger partial charge is 0.361 e. The molecule has 0 saturated heterocycles. The SMILES string of the molecule is Cc1oncc1CCCBr. The average Bonchev–Trinajstić information content (AvgIpc) is 2.31. The standard InChI is InChI=1S/C7H10BrNO/c1-6-7(3-2-4-8)5-9-10-6/h5H,2-4H2,1H3. The lowest BCUT2D eigenvalue weighted by atomic mass is 10.2. The summed E-state index contributed by atoms with van der Waals surface area (Å²) in [5, 5.41) is 4.72. The maximum atomic E-state index is 4.90. The normalized spacial score (nSPS) is 10.2. The lowest BCUT2D eigenvalue weighted by Crippen LogP contribution is -1.84. The van der Waals surface area contributed by atoms with Crippen molar-refractivity contribution in [3.05, 3.63) is 17.5 Å². The highest BCUT2D eigenvalue weighted by atomic mass is 79.9. The van der Waals surface area contributed by atoms with Crippen molar-refractivity contribution in [2.24, 2.45) is 0 Å². The average molecular weight is 204 g/mol. The smallest absolute Gasteiger partial charge is 0.136 e. The van der Waals surface area contributed by atoms with Gasteiger partial charge in [-0.15, -0.1) is 0 Å². The quantitative estimate of drug-likeness (QED) is 0.706. The number of alkyl halides is 1. The number of hydrogen-bond donors (Lipinski definition) is 0. The summed E-state index contributed by atoms with van der Waals surface area (Å²) < 4.78 is 4.90. The van der Waals surface area contributed by atoms with Crippen molar-refractivity contribution in [1.82, 2.24) is 5.16 Å². The van der Waals surface area contributed by atoms with Gasteiger partial charge in [0.25, 0.3) is 0 Å². The highest BCUT2D eigenvalue weighted by Crippen LogP contribution is 2.08. The summed E-state index contributed by atoms with van der Waals surface area (Å²) in [5.74, 6) is 0.945. The van der Waals surface area contributed by atoms with Crippen molar-refractivity contribution in [1.29, 1.82) is 0 Å². The molecule has 0 spiro atoms. The monoisotopic (exact) mass is 203 g/mol. The molecule has 1 aromatic heterocycles. The summed E-state index contributed by atoms with van der Waals surface area (Å²) in [6.07, 6.45) is 3.99. The van der Waals surface area contributed by atoms with E-state index in [2.05, 4.69) is 21.1 Å². The van der Waals surface area contributed by atoms with E-state index in [4.69, 9.17) is 4.52 Å². The summed E-state index contributed by atoms with van der Waals surface area (Å²) in [6, 6.07) is 0. The van der Waals surface area contributed by atoms with Crippen molar-refractivity contribution < 1.29 is 4.52 Å². The van der Waals surface area contributed by atoms with Crippen molar-refractivity contribution in [3.63, 3.8) is 0 Å². The Morgan fingerprint density at radius 2 is 2.50 bits per heavy atom. The molecule has 0 atom stereocenters. The summed E-state index contributed by atoms with van der Waals surface area (Å²) in [7, 11) is 0. The van der Waals surface area contributed by atoms with Gasteiger partial charge in [0.05, 0.1) is 6.20 Å². The molecule has 0 aliphatic rings. The molecule has 0 aliphatic carbocycles. The first-order valence-electron chi connectivity index (χ1n) is 3.30. The Morgan fingerprint density at radius 1 is 1.70 bits per heavy atom. The summed E-state index contributed by atoms with van der Waals surface area (Å²) in [6.45, 7) is 1.94. The maximum absolute atomic E-state index is 4.90. The maximum Gasteiger partial charge on any atom is 0.136 e. The third-order valence-corrected chi connectivity index (χ3v) is 1.99. The molecule has 0 radical (unpaired) electrons. The van der Waals surface area contributed by atoms with Gasteiger partial charge in [-0.1, -0.05) is 21.1 Å². The molecule has 10 heavy (non-hydrogen) atoms. The van der Waals surface area contributed by atoms with Gasteiger partial charge in [-0.05, 0) is 19.8 Å². The van der Waals surface area contributed by atoms with Gasteiger partial charge in [-0.25, -0.2) is 0 Å². The zero-order valence-electron chi connectivity index (χ0n) is 5.93. The van der Waals surface area contributed by atoms with Gasteiger partial charge >= 0.3 is 0 Å². The molecule has 0 aliphatic heterocycles. The Hall–Kier alpha value is -0.310. The molecule has 1 heterocycles. The van der Waals surface area contributed by atoms with Crippen LogP contribution in [0, 0.1) is 6.92 Å². The lowest BCUT2D eigenvalue weighted by Gasteiger charge is -1.91. The van der Waals surface area contributed by atoms with E-state index in [0.717, 1.165) is 23.9 Å². The molecular formula is C7H10BrNO. The Bertz CT molecular complexity index is 197. The Balaban J connectivity index is 2.49. The van der Waals surface area contributed by atoms with E-state index < -0.39 is 0 Å². The van der Waals surface area contributed by atoms with Crippen molar-refractivity contribution in [2.45, 2.75) is 19.8 Å². The second kappa shape index (κ2) is 3.76. The predicted octanol–water partition coefficient (Wildman–Crippen LogP) is 2.31. The Labute approximate surface area is 68.7 Å². The molecule has 0 unspecified atom stereocenters. The van der Waals surface area contributed by atoms with Crippen LogP contribution in [0.15, 0.2) is 10.7 Å². The van der Waals surface area contributed by atoms with Crippen LogP contribution in [-0.2, 0) is 6.42 Å². The fraction of sp³-hybridized carbons (Fsp3) is 0.571. The van der Waals surface area contributed by atoms with Crippen LogP contribution in [0.4, 0.5) is 0 Å². The van der Waals surface area contributed by atoms with E-state index in [0.29, 0.717) is 0 Å². The fourth-order valence-corrected chi connectivity index (χ4v) is 1.10. The van der Waals surface area contributed by atoms with Crippen LogP contribution in [0.3, 0.4) is 0 Å². The number of halogens is 1. The molecule has 1 aromatic rings. The summed E-state index contributed by atoms with van der Waals surface area (Å²) in [5.41, 5.74) is 1.22. The number of aryl methyl sites for hydroxylation is 2. The molecule has 1 rings (SSSR count). The highest BCUT2D eigenvalue weighted by Gasteiger charge is 2.00. The van der Waals surface area contributed by atoms with Crippen molar-refractivity contribution >= 4 is 15.9 Å². The first-order chi connectivity index (χ1) is 4.84. The Morgan fingerprint density at radius 3 is 3.00 bits per heavy atom. The van der Waals surface area contributed by atoms with Crippen molar-refractivity contribution in [3.8, 4) is 0 Å². The fourth-order valence-electron chi connectivity index (χ4n) is 0.816. The van der Waals surface area contributed by atoms with Crippen LogP contribution in [-0.4, -0.2) is 10.5 Å². The Kier molecular flexibility index (Phi) is 2.93. The van der Waals surface area contributed by atoms with E-state index in [1.54, 1.807) is 6.20 Å². The molecule has 0 saturated carbocycles. The van der Waals surface area contributed by atoms with Crippen LogP contribution in [0.5, 0.6) is 0 Å². The molecule has 0 bridgehead atoms.